The molecule has 0 radical (unpaired) electrons. The summed E-state index contributed by atoms with van der Waals surface area (Å²) >= 11 is 0. The fraction of sp³-hybridized carbons (Fsp3) is 0.833. The molecule has 0 aromatic carbocycles. The van der Waals surface area contributed by atoms with Crippen LogP contribution in [-0.2, 0) is 32.7 Å². The zero-order valence-electron chi connectivity index (χ0n) is 46.5. The van der Waals surface area contributed by atoms with Gasteiger partial charge in [-0.2, -0.15) is 0 Å². The van der Waals surface area contributed by atoms with Gasteiger partial charge in [0.25, 0.3) is 7.82 Å². The van der Waals surface area contributed by atoms with Crippen molar-refractivity contribution in [3.63, 3.8) is 0 Å². The molecule has 2 unspecified atom stereocenters. The van der Waals surface area contributed by atoms with Gasteiger partial charge in [-0.25, -0.2) is 0 Å². The van der Waals surface area contributed by atoms with Gasteiger partial charge in [-0.3, -0.25) is 14.2 Å². The van der Waals surface area contributed by atoms with Crippen molar-refractivity contribution in [2.24, 2.45) is 0 Å². The molecular formula is C60H112NO8P. The first-order valence-electron chi connectivity index (χ1n) is 29.3. The quantitative estimate of drug-likeness (QED) is 0.0195. The van der Waals surface area contributed by atoms with Crippen molar-refractivity contribution in [3.05, 3.63) is 48.6 Å². The van der Waals surface area contributed by atoms with Crippen LogP contribution in [0.4, 0.5) is 0 Å². The third-order valence-electron chi connectivity index (χ3n) is 12.8. The third-order valence-corrected chi connectivity index (χ3v) is 13.8. The summed E-state index contributed by atoms with van der Waals surface area (Å²) in [6.07, 6.45) is 64.6. The fourth-order valence-electron chi connectivity index (χ4n) is 8.25. The second kappa shape index (κ2) is 51.9. The number of ether oxygens (including phenoxy) is 2. The van der Waals surface area contributed by atoms with E-state index in [2.05, 4.69) is 62.5 Å². The maximum absolute atomic E-state index is 12.8. The molecule has 410 valence electrons. The van der Waals surface area contributed by atoms with Crippen LogP contribution >= 0.6 is 7.82 Å². The number of hydrogen-bond acceptors (Lipinski definition) is 8. The summed E-state index contributed by atoms with van der Waals surface area (Å²) in [6.45, 7) is 4.22. The molecule has 0 spiro atoms. The van der Waals surface area contributed by atoms with Crippen LogP contribution in [0.2, 0.25) is 0 Å². The Hall–Kier alpha value is -2.03. The summed E-state index contributed by atoms with van der Waals surface area (Å²) in [4.78, 5) is 37.8. The molecule has 0 aliphatic heterocycles. The Labute approximate surface area is 433 Å². The molecule has 0 heterocycles. The summed E-state index contributed by atoms with van der Waals surface area (Å²) in [6, 6.07) is 0. The van der Waals surface area contributed by atoms with Crippen LogP contribution in [0.3, 0.4) is 0 Å². The number of nitrogens with zero attached hydrogens (tertiary/aromatic N) is 1. The van der Waals surface area contributed by atoms with E-state index in [1.807, 2.05) is 21.1 Å². The van der Waals surface area contributed by atoms with Crippen molar-refractivity contribution in [1.82, 2.24) is 0 Å². The summed E-state index contributed by atoms with van der Waals surface area (Å²) < 4.78 is 34.1. The lowest BCUT2D eigenvalue weighted by molar-refractivity contribution is -0.870. The van der Waals surface area contributed by atoms with Crippen molar-refractivity contribution >= 4 is 19.8 Å². The highest BCUT2D eigenvalue weighted by Gasteiger charge is 2.22. The van der Waals surface area contributed by atoms with Gasteiger partial charge in [0, 0.05) is 12.8 Å². The van der Waals surface area contributed by atoms with E-state index in [9.17, 15) is 19.0 Å². The van der Waals surface area contributed by atoms with Gasteiger partial charge in [0.2, 0.25) is 0 Å². The second-order valence-corrected chi connectivity index (χ2v) is 22.4. The molecule has 2 atom stereocenters. The van der Waals surface area contributed by atoms with Crippen molar-refractivity contribution in [2.45, 2.75) is 277 Å². The normalized spacial score (nSPS) is 13.6. The van der Waals surface area contributed by atoms with Gasteiger partial charge >= 0.3 is 11.9 Å². The Morgan fingerprint density at radius 2 is 0.771 bits per heavy atom. The molecule has 0 N–H and O–H groups in total. The monoisotopic (exact) mass is 1010 g/mol. The smallest absolute Gasteiger partial charge is 0.306 e. The van der Waals surface area contributed by atoms with Crippen LogP contribution in [0.5, 0.6) is 0 Å². The predicted octanol–water partition coefficient (Wildman–Crippen LogP) is 17.5. The molecule has 0 saturated carbocycles. The van der Waals surface area contributed by atoms with Gasteiger partial charge in [0.05, 0.1) is 27.7 Å². The third kappa shape index (κ3) is 55.3. The first-order chi connectivity index (χ1) is 34.0. The zero-order valence-corrected chi connectivity index (χ0v) is 47.4. The Morgan fingerprint density at radius 1 is 0.443 bits per heavy atom. The number of carbonyl (C=O) groups is 2. The molecule has 0 rings (SSSR count). The number of likely N-dealkylation sites (N-methyl/N-ethyl adjacent to an activating group) is 1. The van der Waals surface area contributed by atoms with Gasteiger partial charge in [-0.05, 0) is 77.0 Å². The SMILES string of the molecule is CCCCCC/C=C\CCCCCCCC(=O)OCC(COP(=O)([O-])OCC[N+](C)(C)C)OC(=O)CCCCCCCCCCCCCCCCCCCC/C=C\C/C=C\C/C=C\CCCCCCC. The molecular weight excluding hydrogens is 894 g/mol. The van der Waals surface area contributed by atoms with Gasteiger partial charge < -0.3 is 27.9 Å². The molecule has 70 heavy (non-hydrogen) atoms. The first-order valence-corrected chi connectivity index (χ1v) is 30.8. The molecule has 0 aliphatic rings. The van der Waals surface area contributed by atoms with Gasteiger partial charge in [-0.15, -0.1) is 0 Å². The number of unbranched alkanes of at least 4 members (excludes halogenated alkanes) is 32. The molecule has 0 saturated heterocycles. The van der Waals surface area contributed by atoms with Crippen LogP contribution in [0.25, 0.3) is 0 Å². The molecule has 0 fully saturated rings. The summed E-state index contributed by atoms with van der Waals surface area (Å²) in [5.74, 6) is -0.835. The van der Waals surface area contributed by atoms with E-state index in [4.69, 9.17) is 18.5 Å². The zero-order chi connectivity index (χ0) is 51.3. The topological polar surface area (TPSA) is 111 Å². The molecule has 0 aromatic rings. The maximum Gasteiger partial charge on any atom is 0.306 e. The molecule has 0 amide bonds. The lowest BCUT2D eigenvalue weighted by Gasteiger charge is -2.28. The Kier molecular flexibility index (Phi) is 50.4. The van der Waals surface area contributed by atoms with Crippen LogP contribution in [-0.4, -0.2) is 70.0 Å². The van der Waals surface area contributed by atoms with Crippen LogP contribution in [0.15, 0.2) is 48.6 Å². The summed E-state index contributed by atoms with van der Waals surface area (Å²) in [5, 5.41) is 0. The summed E-state index contributed by atoms with van der Waals surface area (Å²) in [5.41, 5.74) is 0. The first kappa shape index (κ1) is 68.0. The number of esters is 2. The Bertz CT molecular complexity index is 1320. The fourth-order valence-corrected chi connectivity index (χ4v) is 8.98. The van der Waals surface area contributed by atoms with Crippen LogP contribution in [0.1, 0.15) is 271 Å². The van der Waals surface area contributed by atoms with Crippen molar-refractivity contribution in [1.29, 1.82) is 0 Å². The molecule has 0 bridgehead atoms. The van der Waals surface area contributed by atoms with Crippen molar-refractivity contribution in [3.8, 4) is 0 Å². The average molecular weight is 1010 g/mol. The standard InChI is InChI=1S/C60H112NO8P/c1-6-8-10-12-14-16-18-20-21-22-23-24-25-26-27-28-29-30-31-32-33-34-35-36-37-38-39-41-43-45-47-49-51-53-60(63)69-58(57-68-70(64,65)67-55-54-61(3,4)5)56-66-59(62)52-50-48-46-44-42-40-19-17-15-13-11-9-7-2/h17-20,22-23,25-26,58H,6-16,21,24,27-57H2,1-5H3/b19-17-,20-18-,23-22-,26-25-. The van der Waals surface area contributed by atoms with Crippen LogP contribution < -0.4 is 4.89 Å². The van der Waals surface area contributed by atoms with Gasteiger partial charge in [-0.1, -0.05) is 229 Å². The highest BCUT2D eigenvalue weighted by Crippen LogP contribution is 2.38. The largest absolute Gasteiger partial charge is 0.756 e. The van der Waals surface area contributed by atoms with Gasteiger partial charge in [0.15, 0.2) is 6.10 Å². The molecule has 0 aliphatic carbocycles. The number of quaternary nitrogens is 1. The number of hydrogen-bond donors (Lipinski definition) is 0. The number of carbonyl (C=O) groups excluding carboxylic acids is 2. The molecule has 10 heteroatoms. The predicted molar refractivity (Wildman–Crippen MR) is 296 cm³/mol. The number of phosphoric ester groups is 1. The van der Waals surface area contributed by atoms with E-state index in [1.54, 1.807) is 0 Å². The van der Waals surface area contributed by atoms with E-state index in [1.165, 1.54) is 167 Å². The summed E-state index contributed by atoms with van der Waals surface area (Å²) in [7, 11) is 1.17. The van der Waals surface area contributed by atoms with Crippen molar-refractivity contribution in [2.75, 3.05) is 47.5 Å². The lowest BCUT2D eigenvalue weighted by atomic mass is 10.0. The number of allylic oxidation sites excluding steroid dienone is 8. The lowest BCUT2D eigenvalue weighted by Crippen LogP contribution is -2.37. The van der Waals surface area contributed by atoms with E-state index >= 15 is 0 Å². The van der Waals surface area contributed by atoms with Crippen molar-refractivity contribution < 1.29 is 42.1 Å². The maximum atomic E-state index is 12.8. The minimum atomic E-state index is -4.63. The van der Waals surface area contributed by atoms with E-state index < -0.39 is 26.5 Å². The number of rotatable bonds is 54. The van der Waals surface area contributed by atoms with E-state index in [0.717, 1.165) is 70.6 Å². The highest BCUT2D eigenvalue weighted by atomic mass is 31.2. The Morgan fingerprint density at radius 3 is 1.17 bits per heavy atom. The molecule has 0 aromatic heterocycles. The van der Waals surface area contributed by atoms with Crippen LogP contribution in [0, 0.1) is 0 Å². The van der Waals surface area contributed by atoms with E-state index in [0.29, 0.717) is 17.4 Å². The average Bonchev–Trinajstić information content (AvgIpc) is 3.32. The minimum Gasteiger partial charge on any atom is -0.756 e. The van der Waals surface area contributed by atoms with Gasteiger partial charge in [0.1, 0.15) is 19.8 Å². The molecule has 9 nitrogen and oxygen atoms in total. The minimum absolute atomic E-state index is 0.0314. The second-order valence-electron chi connectivity index (χ2n) is 21.0. The Balaban J connectivity index is 4.01. The number of phosphoric acid groups is 1. The van der Waals surface area contributed by atoms with E-state index in [-0.39, 0.29) is 32.0 Å². The highest BCUT2D eigenvalue weighted by molar-refractivity contribution is 7.45.